The molecule has 0 saturated carbocycles. The third-order valence-electron chi connectivity index (χ3n) is 1.48. The lowest BCUT2D eigenvalue weighted by atomic mass is 10.3. The normalized spacial score (nSPS) is 9.08. The van der Waals surface area contributed by atoms with E-state index < -0.39 is 0 Å². The summed E-state index contributed by atoms with van der Waals surface area (Å²) in [6.45, 7) is 3.37. The van der Waals surface area contributed by atoms with E-state index in [9.17, 15) is 0 Å². The molecule has 13 heavy (non-hydrogen) atoms. The molecule has 0 atom stereocenters. The SMILES string of the molecule is CC#CCNCc1cncc(Br)c1. The van der Waals surface area contributed by atoms with Gasteiger partial charge in [0.1, 0.15) is 0 Å². The Morgan fingerprint density at radius 3 is 3.08 bits per heavy atom. The number of rotatable bonds is 3. The van der Waals surface area contributed by atoms with Crippen LogP contribution < -0.4 is 5.32 Å². The molecule has 68 valence electrons. The van der Waals surface area contributed by atoms with E-state index in [4.69, 9.17) is 0 Å². The van der Waals surface area contributed by atoms with Gasteiger partial charge in [0.25, 0.3) is 0 Å². The first-order chi connectivity index (χ1) is 6.33. The van der Waals surface area contributed by atoms with Crippen LogP contribution >= 0.6 is 15.9 Å². The zero-order valence-corrected chi connectivity index (χ0v) is 9.06. The van der Waals surface area contributed by atoms with Crippen LogP contribution in [0.25, 0.3) is 0 Å². The van der Waals surface area contributed by atoms with Crippen molar-refractivity contribution >= 4 is 15.9 Å². The summed E-state index contributed by atoms with van der Waals surface area (Å²) in [4.78, 5) is 4.06. The second-order valence-corrected chi connectivity index (χ2v) is 3.46. The van der Waals surface area contributed by atoms with E-state index in [1.165, 1.54) is 0 Å². The summed E-state index contributed by atoms with van der Waals surface area (Å²) in [5.74, 6) is 5.77. The van der Waals surface area contributed by atoms with Gasteiger partial charge in [-0.1, -0.05) is 5.92 Å². The summed E-state index contributed by atoms with van der Waals surface area (Å²) in [5, 5.41) is 3.20. The smallest absolute Gasteiger partial charge is 0.0579 e. The molecular formula is C10H11BrN2. The maximum Gasteiger partial charge on any atom is 0.0579 e. The molecule has 1 aromatic rings. The van der Waals surface area contributed by atoms with E-state index in [-0.39, 0.29) is 0 Å². The van der Waals surface area contributed by atoms with Crippen molar-refractivity contribution in [1.29, 1.82) is 0 Å². The monoisotopic (exact) mass is 238 g/mol. The van der Waals surface area contributed by atoms with Crippen molar-refractivity contribution in [2.24, 2.45) is 0 Å². The first-order valence-electron chi connectivity index (χ1n) is 4.02. The van der Waals surface area contributed by atoms with Gasteiger partial charge in [-0.2, -0.15) is 0 Å². The van der Waals surface area contributed by atoms with Gasteiger partial charge in [-0.05, 0) is 34.5 Å². The van der Waals surface area contributed by atoms with Gasteiger partial charge in [0.05, 0.1) is 6.54 Å². The second-order valence-electron chi connectivity index (χ2n) is 2.54. The molecule has 1 heterocycles. The van der Waals surface area contributed by atoms with Crippen LogP contribution in [-0.4, -0.2) is 11.5 Å². The number of pyridine rings is 1. The summed E-state index contributed by atoms with van der Waals surface area (Å²) < 4.78 is 1.01. The van der Waals surface area contributed by atoms with Gasteiger partial charge in [-0.15, -0.1) is 5.92 Å². The summed E-state index contributed by atoms with van der Waals surface area (Å²) >= 11 is 3.37. The minimum Gasteiger partial charge on any atom is -0.302 e. The second kappa shape index (κ2) is 5.74. The number of hydrogen-bond donors (Lipinski definition) is 1. The summed E-state index contributed by atoms with van der Waals surface area (Å²) in [5.41, 5.74) is 1.16. The molecule has 0 radical (unpaired) electrons. The van der Waals surface area contributed by atoms with E-state index in [1.54, 1.807) is 6.20 Å². The summed E-state index contributed by atoms with van der Waals surface area (Å²) in [6.07, 6.45) is 3.62. The van der Waals surface area contributed by atoms with Crippen LogP contribution in [0.15, 0.2) is 22.9 Å². The summed E-state index contributed by atoms with van der Waals surface area (Å²) in [6, 6.07) is 2.04. The molecule has 0 saturated heterocycles. The first kappa shape index (κ1) is 10.2. The van der Waals surface area contributed by atoms with Crippen LogP contribution in [0.5, 0.6) is 0 Å². The van der Waals surface area contributed by atoms with Gasteiger partial charge in [0.15, 0.2) is 0 Å². The van der Waals surface area contributed by atoms with Crippen LogP contribution in [0.2, 0.25) is 0 Å². The van der Waals surface area contributed by atoms with Gasteiger partial charge in [0.2, 0.25) is 0 Å². The van der Waals surface area contributed by atoms with Crippen molar-refractivity contribution < 1.29 is 0 Å². The Morgan fingerprint density at radius 1 is 1.54 bits per heavy atom. The molecule has 3 heteroatoms. The lowest BCUT2D eigenvalue weighted by molar-refractivity contribution is 0.766. The van der Waals surface area contributed by atoms with Crippen molar-refractivity contribution in [2.45, 2.75) is 13.5 Å². The molecule has 0 fully saturated rings. The Morgan fingerprint density at radius 2 is 2.38 bits per heavy atom. The Kier molecular flexibility index (Phi) is 4.52. The van der Waals surface area contributed by atoms with Crippen molar-refractivity contribution in [3.63, 3.8) is 0 Å². The minimum absolute atomic E-state index is 0.725. The number of nitrogens with zero attached hydrogens (tertiary/aromatic N) is 1. The van der Waals surface area contributed by atoms with Crippen LogP contribution in [0.4, 0.5) is 0 Å². The molecule has 2 nitrogen and oxygen atoms in total. The number of hydrogen-bond acceptors (Lipinski definition) is 2. The van der Waals surface area contributed by atoms with E-state index in [2.05, 4.69) is 38.1 Å². The predicted molar refractivity (Wildman–Crippen MR) is 57.1 cm³/mol. The van der Waals surface area contributed by atoms with Gasteiger partial charge in [0, 0.05) is 23.4 Å². The Balaban J connectivity index is 2.39. The zero-order valence-electron chi connectivity index (χ0n) is 7.47. The number of halogens is 1. The standard InChI is InChI=1S/C10H11BrN2/c1-2-3-4-12-6-9-5-10(11)8-13-7-9/h5,7-8,12H,4,6H2,1H3. The molecule has 0 amide bonds. The highest BCUT2D eigenvalue weighted by Gasteiger charge is 1.92. The number of nitrogens with one attached hydrogen (secondary N) is 1. The van der Waals surface area contributed by atoms with Crippen LogP contribution in [0.3, 0.4) is 0 Å². The van der Waals surface area contributed by atoms with Gasteiger partial charge in [-0.3, -0.25) is 4.98 Å². The predicted octanol–water partition coefficient (Wildman–Crippen LogP) is 1.96. The largest absolute Gasteiger partial charge is 0.302 e. The molecule has 0 unspecified atom stereocenters. The molecule has 1 aromatic heterocycles. The fourth-order valence-electron chi connectivity index (χ4n) is 0.910. The maximum absolute atomic E-state index is 4.06. The average Bonchev–Trinajstić information content (AvgIpc) is 2.13. The highest BCUT2D eigenvalue weighted by atomic mass is 79.9. The Hall–Kier alpha value is -0.850. The zero-order chi connectivity index (χ0) is 9.52. The van der Waals surface area contributed by atoms with Crippen LogP contribution in [0, 0.1) is 11.8 Å². The summed E-state index contributed by atoms with van der Waals surface area (Å²) in [7, 11) is 0. The quantitative estimate of drug-likeness (QED) is 0.644. The Bertz CT molecular complexity index is 325. The lowest BCUT2D eigenvalue weighted by Crippen LogP contribution is -2.13. The first-order valence-corrected chi connectivity index (χ1v) is 4.82. The Labute approximate surface area is 86.9 Å². The third-order valence-corrected chi connectivity index (χ3v) is 1.91. The van der Waals surface area contributed by atoms with Crippen molar-refractivity contribution in [1.82, 2.24) is 10.3 Å². The molecule has 0 bridgehead atoms. The number of aromatic nitrogens is 1. The van der Waals surface area contributed by atoms with E-state index >= 15 is 0 Å². The highest BCUT2D eigenvalue weighted by molar-refractivity contribution is 9.10. The van der Waals surface area contributed by atoms with E-state index in [0.717, 1.165) is 23.1 Å². The van der Waals surface area contributed by atoms with Crippen LogP contribution in [0.1, 0.15) is 12.5 Å². The minimum atomic E-state index is 0.725. The molecule has 0 spiro atoms. The average molecular weight is 239 g/mol. The molecule has 0 aliphatic rings. The van der Waals surface area contributed by atoms with E-state index in [0.29, 0.717) is 0 Å². The molecule has 0 aromatic carbocycles. The molecular weight excluding hydrogens is 228 g/mol. The lowest BCUT2D eigenvalue weighted by Gasteiger charge is -2.00. The van der Waals surface area contributed by atoms with E-state index in [1.807, 2.05) is 19.2 Å². The van der Waals surface area contributed by atoms with Crippen LogP contribution in [-0.2, 0) is 6.54 Å². The molecule has 1 rings (SSSR count). The highest BCUT2D eigenvalue weighted by Crippen LogP contribution is 2.08. The van der Waals surface area contributed by atoms with Crippen molar-refractivity contribution in [3.8, 4) is 11.8 Å². The van der Waals surface area contributed by atoms with Gasteiger partial charge >= 0.3 is 0 Å². The maximum atomic E-state index is 4.06. The van der Waals surface area contributed by atoms with Gasteiger partial charge < -0.3 is 5.32 Å². The molecule has 0 aliphatic heterocycles. The molecule has 0 aliphatic carbocycles. The molecule has 1 N–H and O–H groups in total. The fourth-order valence-corrected chi connectivity index (χ4v) is 1.32. The van der Waals surface area contributed by atoms with Gasteiger partial charge in [-0.25, -0.2) is 0 Å². The third kappa shape index (κ3) is 4.07. The van der Waals surface area contributed by atoms with Crippen molar-refractivity contribution in [3.05, 3.63) is 28.5 Å². The topological polar surface area (TPSA) is 24.9 Å². The fraction of sp³-hybridized carbons (Fsp3) is 0.300. The van der Waals surface area contributed by atoms with Crippen molar-refractivity contribution in [2.75, 3.05) is 6.54 Å².